The largest absolute Gasteiger partial charge is 0.416 e. The van der Waals surface area contributed by atoms with Crippen molar-refractivity contribution in [2.24, 2.45) is 5.92 Å². The molecule has 0 radical (unpaired) electrons. The average Bonchev–Trinajstić information content (AvgIpc) is 2.97. The minimum atomic E-state index is -4.73. The SMILES string of the molecule is CC(C)C[C@H](Nc1ccc(C(F)(F)F)cc1[N+](=O)[O-])C(=O)N[C@H]1CCOC1O. The molecule has 0 aliphatic carbocycles. The summed E-state index contributed by atoms with van der Waals surface area (Å²) in [5.74, 6) is -0.515. The van der Waals surface area contributed by atoms with Crippen molar-refractivity contribution in [3.05, 3.63) is 33.9 Å². The Balaban J connectivity index is 2.25. The van der Waals surface area contributed by atoms with E-state index in [1.807, 2.05) is 13.8 Å². The van der Waals surface area contributed by atoms with Gasteiger partial charge in [-0.15, -0.1) is 0 Å². The molecule has 0 bridgehead atoms. The van der Waals surface area contributed by atoms with E-state index in [0.717, 1.165) is 6.07 Å². The summed E-state index contributed by atoms with van der Waals surface area (Å²) in [7, 11) is 0. The zero-order chi connectivity index (χ0) is 21.1. The van der Waals surface area contributed by atoms with Crippen LogP contribution in [-0.2, 0) is 15.7 Å². The Bertz CT molecular complexity index is 726. The first-order valence-corrected chi connectivity index (χ1v) is 8.71. The number of halogens is 3. The van der Waals surface area contributed by atoms with Crippen LogP contribution in [0.25, 0.3) is 0 Å². The Morgan fingerprint density at radius 2 is 2.11 bits per heavy atom. The van der Waals surface area contributed by atoms with Crippen LogP contribution in [0.2, 0.25) is 0 Å². The van der Waals surface area contributed by atoms with E-state index in [1.54, 1.807) is 0 Å². The molecular formula is C17H22F3N3O5. The summed E-state index contributed by atoms with van der Waals surface area (Å²) >= 11 is 0. The summed E-state index contributed by atoms with van der Waals surface area (Å²) in [6, 6.07) is 0.527. The fourth-order valence-corrected chi connectivity index (χ4v) is 2.87. The van der Waals surface area contributed by atoms with Gasteiger partial charge in [0, 0.05) is 6.07 Å². The smallest absolute Gasteiger partial charge is 0.368 e. The molecule has 1 unspecified atom stereocenters. The minimum absolute atomic E-state index is 0.0153. The second kappa shape index (κ2) is 8.74. The molecule has 1 aliphatic heterocycles. The number of aliphatic hydroxyl groups excluding tert-OH is 1. The number of ether oxygens (including phenoxy) is 1. The van der Waals surface area contributed by atoms with Gasteiger partial charge in [0.05, 0.1) is 23.1 Å². The molecule has 156 valence electrons. The second-order valence-electron chi connectivity index (χ2n) is 6.98. The van der Waals surface area contributed by atoms with Crippen molar-refractivity contribution in [2.45, 2.75) is 51.2 Å². The molecule has 1 aromatic carbocycles. The van der Waals surface area contributed by atoms with Gasteiger partial charge in [0.1, 0.15) is 11.7 Å². The van der Waals surface area contributed by atoms with Gasteiger partial charge in [-0.3, -0.25) is 14.9 Å². The van der Waals surface area contributed by atoms with Crippen LogP contribution in [0, 0.1) is 16.0 Å². The third-order valence-electron chi connectivity index (χ3n) is 4.26. The van der Waals surface area contributed by atoms with Crippen molar-refractivity contribution in [3.8, 4) is 0 Å². The van der Waals surface area contributed by atoms with Gasteiger partial charge in [0.2, 0.25) is 5.91 Å². The monoisotopic (exact) mass is 405 g/mol. The van der Waals surface area contributed by atoms with E-state index in [4.69, 9.17) is 4.74 Å². The van der Waals surface area contributed by atoms with Crippen LogP contribution in [0.5, 0.6) is 0 Å². The minimum Gasteiger partial charge on any atom is -0.368 e. The summed E-state index contributed by atoms with van der Waals surface area (Å²) in [5, 5.41) is 26.2. The molecule has 8 nitrogen and oxygen atoms in total. The van der Waals surface area contributed by atoms with Crippen LogP contribution >= 0.6 is 0 Å². The van der Waals surface area contributed by atoms with Gasteiger partial charge >= 0.3 is 6.18 Å². The predicted octanol–water partition coefficient (Wildman–Crippen LogP) is 2.66. The van der Waals surface area contributed by atoms with Gasteiger partial charge in [-0.25, -0.2) is 0 Å². The Labute approximate surface area is 159 Å². The maximum absolute atomic E-state index is 12.8. The molecule has 1 saturated heterocycles. The van der Waals surface area contributed by atoms with Gasteiger partial charge < -0.3 is 20.5 Å². The Kier molecular flexibility index (Phi) is 6.83. The van der Waals surface area contributed by atoms with E-state index in [1.165, 1.54) is 0 Å². The van der Waals surface area contributed by atoms with E-state index < -0.39 is 46.6 Å². The lowest BCUT2D eigenvalue weighted by Gasteiger charge is -2.24. The van der Waals surface area contributed by atoms with Crippen molar-refractivity contribution >= 4 is 17.3 Å². The Hall–Kier alpha value is -2.40. The number of amides is 1. The zero-order valence-corrected chi connectivity index (χ0v) is 15.3. The van der Waals surface area contributed by atoms with Gasteiger partial charge in [0.15, 0.2) is 6.29 Å². The number of nitrogens with one attached hydrogen (secondary N) is 2. The third-order valence-corrected chi connectivity index (χ3v) is 4.26. The summed E-state index contributed by atoms with van der Waals surface area (Å²) in [5.41, 5.74) is -2.12. The number of hydrogen-bond acceptors (Lipinski definition) is 6. The van der Waals surface area contributed by atoms with Crippen LogP contribution in [0.1, 0.15) is 32.3 Å². The highest BCUT2D eigenvalue weighted by Crippen LogP contribution is 2.35. The van der Waals surface area contributed by atoms with Crippen LogP contribution in [0.3, 0.4) is 0 Å². The first-order chi connectivity index (χ1) is 13.0. The molecule has 0 spiro atoms. The van der Waals surface area contributed by atoms with E-state index in [0.29, 0.717) is 18.6 Å². The van der Waals surface area contributed by atoms with Crippen molar-refractivity contribution in [1.29, 1.82) is 0 Å². The fraction of sp³-hybridized carbons (Fsp3) is 0.588. The molecule has 1 amide bonds. The van der Waals surface area contributed by atoms with Crippen molar-refractivity contribution in [3.63, 3.8) is 0 Å². The Morgan fingerprint density at radius 1 is 1.43 bits per heavy atom. The lowest BCUT2D eigenvalue weighted by molar-refractivity contribution is -0.384. The average molecular weight is 405 g/mol. The van der Waals surface area contributed by atoms with Crippen molar-refractivity contribution < 1.29 is 32.7 Å². The van der Waals surface area contributed by atoms with Gasteiger partial charge in [-0.1, -0.05) is 13.8 Å². The van der Waals surface area contributed by atoms with Gasteiger partial charge in [-0.2, -0.15) is 13.2 Å². The summed E-state index contributed by atoms with van der Waals surface area (Å²) in [4.78, 5) is 22.9. The first-order valence-electron chi connectivity index (χ1n) is 8.71. The molecule has 11 heteroatoms. The number of nitrogens with zero attached hydrogens (tertiary/aromatic N) is 1. The number of alkyl halides is 3. The van der Waals surface area contributed by atoms with E-state index >= 15 is 0 Å². The Morgan fingerprint density at radius 3 is 2.61 bits per heavy atom. The molecule has 3 atom stereocenters. The number of aliphatic hydroxyl groups is 1. The summed E-state index contributed by atoms with van der Waals surface area (Å²) in [6.45, 7) is 3.94. The third kappa shape index (κ3) is 5.55. The highest BCUT2D eigenvalue weighted by atomic mass is 19.4. The molecule has 0 saturated carbocycles. The molecule has 1 aliphatic rings. The quantitative estimate of drug-likeness (QED) is 0.475. The van der Waals surface area contributed by atoms with Gasteiger partial charge in [-0.05, 0) is 30.9 Å². The normalized spacial score (nSPS) is 20.8. The number of carbonyl (C=O) groups is 1. The maximum atomic E-state index is 12.8. The summed E-state index contributed by atoms with van der Waals surface area (Å²) in [6.07, 6.45) is -5.20. The molecular weight excluding hydrogens is 383 g/mol. The molecule has 0 aromatic heterocycles. The topological polar surface area (TPSA) is 114 Å². The number of anilines is 1. The maximum Gasteiger partial charge on any atom is 0.416 e. The molecule has 1 heterocycles. The molecule has 1 aromatic rings. The number of rotatable bonds is 7. The number of carbonyl (C=O) groups excluding carboxylic acids is 1. The summed E-state index contributed by atoms with van der Waals surface area (Å²) < 4.78 is 43.5. The first kappa shape index (κ1) is 21.9. The van der Waals surface area contributed by atoms with E-state index in [2.05, 4.69) is 10.6 Å². The lowest BCUT2D eigenvalue weighted by Crippen LogP contribution is -2.48. The fourth-order valence-electron chi connectivity index (χ4n) is 2.87. The van der Waals surface area contributed by atoms with Crippen LogP contribution in [-0.4, -0.2) is 40.9 Å². The molecule has 2 rings (SSSR count). The number of hydrogen-bond donors (Lipinski definition) is 3. The highest BCUT2D eigenvalue weighted by Gasteiger charge is 2.34. The van der Waals surface area contributed by atoms with Crippen molar-refractivity contribution in [2.75, 3.05) is 11.9 Å². The standard InChI is InChI=1S/C17H22F3N3O5/c1-9(2)7-13(15(24)22-12-5-6-28-16(12)25)21-11-4-3-10(17(18,19)20)8-14(11)23(26)27/h3-4,8-9,12-13,16,21,25H,5-7H2,1-2H3,(H,22,24)/t12-,13-,16?/m0/s1. The zero-order valence-electron chi connectivity index (χ0n) is 15.3. The van der Waals surface area contributed by atoms with Crippen LogP contribution < -0.4 is 10.6 Å². The van der Waals surface area contributed by atoms with Gasteiger partial charge in [0.25, 0.3) is 5.69 Å². The van der Waals surface area contributed by atoms with E-state index in [-0.39, 0.29) is 24.6 Å². The van der Waals surface area contributed by atoms with Crippen LogP contribution in [0.4, 0.5) is 24.5 Å². The lowest BCUT2D eigenvalue weighted by atomic mass is 10.0. The highest BCUT2D eigenvalue weighted by molar-refractivity contribution is 5.86. The van der Waals surface area contributed by atoms with Crippen LogP contribution in [0.15, 0.2) is 18.2 Å². The predicted molar refractivity (Wildman–Crippen MR) is 93.5 cm³/mol. The molecule has 3 N–H and O–H groups in total. The van der Waals surface area contributed by atoms with E-state index in [9.17, 15) is 33.2 Å². The molecule has 1 fully saturated rings. The van der Waals surface area contributed by atoms with Crippen molar-refractivity contribution in [1.82, 2.24) is 5.32 Å². The number of nitro benzene ring substituents is 1. The number of nitro groups is 1. The second-order valence-corrected chi connectivity index (χ2v) is 6.98. The number of benzene rings is 1. The molecule has 28 heavy (non-hydrogen) atoms.